The van der Waals surface area contributed by atoms with Crippen molar-refractivity contribution >= 4 is 16.0 Å². The van der Waals surface area contributed by atoms with Crippen LogP contribution in [-0.4, -0.2) is 38.9 Å². The molecule has 0 aromatic heterocycles. The number of carbonyl (C=O) groups excluding carboxylic acids is 1. The minimum atomic E-state index is -3.46. The minimum absolute atomic E-state index is 0.117. The first-order valence-corrected chi connectivity index (χ1v) is 8.54. The maximum atomic E-state index is 12.6. The van der Waals surface area contributed by atoms with Crippen LogP contribution in [0.5, 0.6) is 0 Å². The number of esters is 1. The number of piperidine rings is 1. The van der Waals surface area contributed by atoms with Crippen molar-refractivity contribution in [2.24, 2.45) is 17.8 Å². The lowest BCUT2D eigenvalue weighted by atomic mass is 10.2. The second-order valence-corrected chi connectivity index (χ2v) is 7.78. The molecule has 2 aliphatic rings. The monoisotopic (exact) mass is 309 g/mol. The van der Waals surface area contributed by atoms with E-state index in [0.717, 1.165) is 12.0 Å². The van der Waals surface area contributed by atoms with Gasteiger partial charge in [-0.2, -0.15) is 4.31 Å². The van der Waals surface area contributed by atoms with Crippen LogP contribution in [0.25, 0.3) is 0 Å². The van der Waals surface area contributed by atoms with Gasteiger partial charge in [0.15, 0.2) is 0 Å². The van der Waals surface area contributed by atoms with Gasteiger partial charge in [-0.15, -0.1) is 0 Å². The van der Waals surface area contributed by atoms with Gasteiger partial charge >= 0.3 is 5.97 Å². The fraction of sp³-hybridized carbons (Fsp3) is 0.533. The molecule has 1 aliphatic heterocycles. The molecule has 21 heavy (non-hydrogen) atoms. The molecule has 3 rings (SSSR count). The lowest BCUT2D eigenvalue weighted by Gasteiger charge is -2.25. The summed E-state index contributed by atoms with van der Waals surface area (Å²) in [5.74, 6) is 0.0844. The first-order chi connectivity index (χ1) is 9.95. The quantitative estimate of drug-likeness (QED) is 0.792. The van der Waals surface area contributed by atoms with E-state index in [1.807, 2.05) is 6.92 Å². The molecule has 3 atom stereocenters. The van der Waals surface area contributed by atoms with Gasteiger partial charge in [-0.1, -0.05) is 17.7 Å². The number of ether oxygens (including phenoxy) is 1. The third-order valence-electron chi connectivity index (χ3n) is 4.59. The second-order valence-electron chi connectivity index (χ2n) is 5.84. The second kappa shape index (κ2) is 5.10. The van der Waals surface area contributed by atoms with E-state index in [9.17, 15) is 13.2 Å². The number of fused-ring (bicyclic) bond motifs is 1. The number of benzene rings is 1. The molecule has 6 heteroatoms. The maximum absolute atomic E-state index is 12.6. The van der Waals surface area contributed by atoms with Gasteiger partial charge in [0.25, 0.3) is 0 Å². The number of hydrogen-bond acceptors (Lipinski definition) is 4. The smallest absolute Gasteiger partial charge is 0.309 e. The summed E-state index contributed by atoms with van der Waals surface area (Å²) in [7, 11) is -2.08. The highest BCUT2D eigenvalue weighted by Crippen LogP contribution is 2.52. The summed E-state index contributed by atoms with van der Waals surface area (Å²) in [5, 5.41) is 0. The number of methoxy groups -OCH3 is 1. The molecule has 1 saturated heterocycles. The molecule has 0 spiro atoms. The highest BCUT2D eigenvalue weighted by Gasteiger charge is 2.58. The predicted octanol–water partition coefficient (Wildman–Crippen LogP) is 1.42. The zero-order valence-electron chi connectivity index (χ0n) is 12.2. The van der Waals surface area contributed by atoms with Gasteiger partial charge in [-0.25, -0.2) is 8.42 Å². The van der Waals surface area contributed by atoms with Crippen LogP contribution in [0.4, 0.5) is 0 Å². The van der Waals surface area contributed by atoms with Crippen LogP contribution < -0.4 is 0 Å². The highest BCUT2D eigenvalue weighted by atomic mass is 32.2. The molecule has 0 unspecified atom stereocenters. The minimum Gasteiger partial charge on any atom is -0.469 e. The number of rotatable bonds is 3. The topological polar surface area (TPSA) is 63.7 Å². The van der Waals surface area contributed by atoms with Crippen LogP contribution in [-0.2, 0) is 19.6 Å². The number of hydrogen-bond donors (Lipinski definition) is 0. The van der Waals surface area contributed by atoms with Gasteiger partial charge in [0, 0.05) is 13.1 Å². The first kappa shape index (κ1) is 14.5. The molecule has 0 amide bonds. The van der Waals surface area contributed by atoms with Crippen LogP contribution in [0.3, 0.4) is 0 Å². The van der Waals surface area contributed by atoms with Crippen LogP contribution in [0, 0.1) is 24.7 Å². The van der Waals surface area contributed by atoms with Crippen LogP contribution in [0.2, 0.25) is 0 Å². The molecular formula is C15H19NO4S. The maximum Gasteiger partial charge on any atom is 0.309 e. The molecular weight excluding hydrogens is 290 g/mol. The molecule has 5 nitrogen and oxygen atoms in total. The van der Waals surface area contributed by atoms with Gasteiger partial charge in [0.2, 0.25) is 10.0 Å². The van der Waals surface area contributed by atoms with E-state index in [1.54, 1.807) is 24.3 Å². The fourth-order valence-corrected chi connectivity index (χ4v) is 4.76. The number of sulfonamides is 1. The summed E-state index contributed by atoms with van der Waals surface area (Å²) >= 11 is 0. The van der Waals surface area contributed by atoms with Crippen molar-refractivity contribution in [2.75, 3.05) is 20.2 Å². The molecule has 0 bridgehead atoms. The average molecular weight is 309 g/mol. The SMILES string of the molecule is COC(=O)[C@@H]1[C@@H]2CCN(S(=O)(=O)c3ccc(C)cc3)C[C@H]21. The zero-order chi connectivity index (χ0) is 15.2. The van der Waals surface area contributed by atoms with E-state index in [0.29, 0.717) is 23.9 Å². The Labute approximate surface area is 124 Å². The predicted molar refractivity (Wildman–Crippen MR) is 77.0 cm³/mol. The van der Waals surface area contributed by atoms with Crippen molar-refractivity contribution in [3.05, 3.63) is 29.8 Å². The van der Waals surface area contributed by atoms with E-state index >= 15 is 0 Å². The van der Waals surface area contributed by atoms with Crippen molar-refractivity contribution in [1.82, 2.24) is 4.31 Å². The van der Waals surface area contributed by atoms with Gasteiger partial charge in [0.05, 0.1) is 17.9 Å². The van der Waals surface area contributed by atoms with Crippen molar-refractivity contribution in [3.8, 4) is 0 Å². The molecule has 1 saturated carbocycles. The molecule has 2 fully saturated rings. The first-order valence-electron chi connectivity index (χ1n) is 7.10. The number of nitrogens with zero attached hydrogens (tertiary/aromatic N) is 1. The summed E-state index contributed by atoms with van der Waals surface area (Å²) in [6.07, 6.45) is 0.732. The zero-order valence-corrected chi connectivity index (χ0v) is 13.0. The van der Waals surface area contributed by atoms with Gasteiger partial charge in [0.1, 0.15) is 0 Å². The van der Waals surface area contributed by atoms with Gasteiger partial charge in [-0.3, -0.25) is 4.79 Å². The van der Waals surface area contributed by atoms with Crippen molar-refractivity contribution in [1.29, 1.82) is 0 Å². The number of carbonyl (C=O) groups is 1. The summed E-state index contributed by atoms with van der Waals surface area (Å²) in [6.45, 7) is 2.82. The van der Waals surface area contributed by atoms with Crippen molar-refractivity contribution in [2.45, 2.75) is 18.2 Å². The Morgan fingerprint density at radius 3 is 2.52 bits per heavy atom. The Hall–Kier alpha value is -1.40. The summed E-state index contributed by atoms with van der Waals surface area (Å²) in [5.41, 5.74) is 1.03. The number of aryl methyl sites for hydroxylation is 1. The summed E-state index contributed by atoms with van der Waals surface area (Å²) < 4.78 is 31.5. The van der Waals surface area contributed by atoms with Crippen LogP contribution in [0.15, 0.2) is 29.2 Å². The summed E-state index contributed by atoms with van der Waals surface area (Å²) in [4.78, 5) is 11.9. The van der Waals surface area contributed by atoms with Crippen LogP contribution >= 0.6 is 0 Å². The molecule has 1 aliphatic carbocycles. The average Bonchev–Trinajstić information content (AvgIpc) is 3.20. The largest absolute Gasteiger partial charge is 0.469 e. The molecule has 1 aromatic carbocycles. The van der Waals surface area contributed by atoms with Crippen molar-refractivity contribution < 1.29 is 17.9 Å². The van der Waals surface area contributed by atoms with Crippen molar-refractivity contribution in [3.63, 3.8) is 0 Å². The molecule has 0 radical (unpaired) electrons. The van der Waals surface area contributed by atoms with E-state index in [2.05, 4.69) is 0 Å². The Morgan fingerprint density at radius 1 is 1.24 bits per heavy atom. The van der Waals surface area contributed by atoms with Gasteiger partial charge < -0.3 is 4.74 Å². The Bertz CT molecular complexity index is 653. The van der Waals surface area contributed by atoms with Crippen LogP contribution in [0.1, 0.15) is 12.0 Å². The fourth-order valence-electron chi connectivity index (χ4n) is 3.27. The lowest BCUT2D eigenvalue weighted by Crippen LogP contribution is -2.36. The molecule has 114 valence electrons. The highest BCUT2D eigenvalue weighted by molar-refractivity contribution is 7.89. The van der Waals surface area contributed by atoms with E-state index in [-0.39, 0.29) is 17.8 Å². The summed E-state index contributed by atoms with van der Waals surface area (Å²) in [6, 6.07) is 6.88. The standard InChI is InChI=1S/C15H19NO4S/c1-10-3-5-11(6-4-10)21(18,19)16-8-7-12-13(9-16)14(12)15(17)20-2/h3-6,12-14H,7-9H2,1-2H3/t12-,13-,14-/m1/s1. The van der Waals surface area contributed by atoms with E-state index in [1.165, 1.54) is 11.4 Å². The Kier molecular flexibility index (Phi) is 3.53. The molecule has 1 heterocycles. The molecule has 0 N–H and O–H groups in total. The van der Waals surface area contributed by atoms with E-state index in [4.69, 9.17) is 4.74 Å². The Balaban J connectivity index is 1.76. The third kappa shape index (κ3) is 2.46. The third-order valence-corrected chi connectivity index (χ3v) is 6.47. The normalized spacial score (nSPS) is 28.8. The van der Waals surface area contributed by atoms with Gasteiger partial charge in [-0.05, 0) is 37.3 Å². The van der Waals surface area contributed by atoms with E-state index < -0.39 is 10.0 Å². The Morgan fingerprint density at radius 2 is 1.90 bits per heavy atom. The molecule has 1 aromatic rings. The lowest BCUT2D eigenvalue weighted by molar-refractivity contribution is -0.142.